The van der Waals surface area contributed by atoms with Crippen LogP contribution >= 0.6 is 15.9 Å². The van der Waals surface area contributed by atoms with Gasteiger partial charge in [-0.15, -0.1) is 0 Å². The van der Waals surface area contributed by atoms with Crippen molar-refractivity contribution in [3.63, 3.8) is 0 Å². The molecule has 2 aromatic heterocycles. The molecule has 0 amide bonds. The summed E-state index contributed by atoms with van der Waals surface area (Å²) >= 11 is 3.50. The normalized spacial score (nSPS) is 10.3. The fourth-order valence-electron chi connectivity index (χ4n) is 1.44. The molecule has 2 heterocycles. The first-order valence-corrected chi connectivity index (χ1v) is 6.60. The summed E-state index contributed by atoms with van der Waals surface area (Å²) in [7, 11) is 0. The number of halogens is 1. The van der Waals surface area contributed by atoms with Crippen molar-refractivity contribution in [3.05, 3.63) is 35.0 Å². The lowest BCUT2D eigenvalue weighted by Gasteiger charge is -2.10. The Bertz CT molecular complexity index is 487. The van der Waals surface area contributed by atoms with Crippen LogP contribution in [-0.4, -0.2) is 16.5 Å². The third kappa shape index (κ3) is 3.22. The van der Waals surface area contributed by atoms with Crippen LogP contribution in [0.1, 0.15) is 18.9 Å². The molecule has 0 aliphatic rings. The molecule has 2 rings (SSSR count). The minimum atomic E-state index is 0.666. The van der Waals surface area contributed by atoms with E-state index in [-0.39, 0.29) is 0 Å². The molecule has 0 spiro atoms. The summed E-state index contributed by atoms with van der Waals surface area (Å²) < 4.78 is 5.86. The Kier molecular flexibility index (Phi) is 4.58. The minimum absolute atomic E-state index is 0.666. The van der Waals surface area contributed by atoms with Crippen LogP contribution in [0, 0.1) is 0 Å². The van der Waals surface area contributed by atoms with Crippen molar-refractivity contribution >= 4 is 27.6 Å². The molecule has 0 fully saturated rings. The SMILES string of the molecule is CCCNc1ncnc(NCc2ccoc2)c1Br. The van der Waals surface area contributed by atoms with Crippen molar-refractivity contribution in [3.8, 4) is 0 Å². The van der Waals surface area contributed by atoms with Crippen molar-refractivity contribution in [1.82, 2.24) is 9.97 Å². The van der Waals surface area contributed by atoms with E-state index in [4.69, 9.17) is 4.42 Å². The molecule has 18 heavy (non-hydrogen) atoms. The van der Waals surface area contributed by atoms with Gasteiger partial charge in [0.15, 0.2) is 0 Å². The first kappa shape index (κ1) is 12.9. The van der Waals surface area contributed by atoms with Crippen LogP contribution in [0.25, 0.3) is 0 Å². The number of anilines is 2. The van der Waals surface area contributed by atoms with Gasteiger partial charge in [-0.05, 0) is 28.4 Å². The number of aromatic nitrogens is 2. The van der Waals surface area contributed by atoms with Crippen molar-refractivity contribution in [1.29, 1.82) is 0 Å². The zero-order chi connectivity index (χ0) is 12.8. The summed E-state index contributed by atoms with van der Waals surface area (Å²) in [5, 5.41) is 6.47. The highest BCUT2D eigenvalue weighted by molar-refractivity contribution is 9.10. The maximum absolute atomic E-state index is 5.01. The second-order valence-corrected chi connectivity index (χ2v) is 4.59. The van der Waals surface area contributed by atoms with Crippen molar-refractivity contribution in [2.24, 2.45) is 0 Å². The molecule has 0 radical (unpaired) electrons. The molecule has 0 saturated carbocycles. The standard InChI is InChI=1S/C12H15BrN4O/c1-2-4-14-11-10(13)12(17-8-16-11)15-6-9-3-5-18-7-9/h3,5,7-8H,2,4,6H2,1H3,(H2,14,15,16,17). The van der Waals surface area contributed by atoms with E-state index in [0.29, 0.717) is 6.54 Å². The van der Waals surface area contributed by atoms with Crippen LogP contribution in [0.3, 0.4) is 0 Å². The molecule has 6 heteroatoms. The first-order valence-electron chi connectivity index (χ1n) is 5.80. The lowest BCUT2D eigenvalue weighted by atomic mass is 10.3. The lowest BCUT2D eigenvalue weighted by Crippen LogP contribution is -2.07. The molecule has 2 N–H and O–H groups in total. The Labute approximate surface area is 114 Å². The predicted octanol–water partition coefficient (Wildman–Crippen LogP) is 3.27. The van der Waals surface area contributed by atoms with Gasteiger partial charge in [-0.1, -0.05) is 6.92 Å². The second-order valence-electron chi connectivity index (χ2n) is 3.80. The number of hydrogen-bond donors (Lipinski definition) is 2. The van der Waals surface area contributed by atoms with Crippen LogP contribution in [0.2, 0.25) is 0 Å². The van der Waals surface area contributed by atoms with Gasteiger partial charge in [-0.3, -0.25) is 0 Å². The summed E-state index contributed by atoms with van der Waals surface area (Å²) in [6.45, 7) is 3.66. The van der Waals surface area contributed by atoms with E-state index in [9.17, 15) is 0 Å². The molecule has 0 unspecified atom stereocenters. The largest absolute Gasteiger partial charge is 0.472 e. The molecule has 0 bridgehead atoms. The highest BCUT2D eigenvalue weighted by Crippen LogP contribution is 2.26. The fourth-order valence-corrected chi connectivity index (χ4v) is 1.92. The quantitative estimate of drug-likeness (QED) is 0.857. The van der Waals surface area contributed by atoms with Crippen LogP contribution in [-0.2, 0) is 6.54 Å². The Balaban J connectivity index is 2.03. The summed E-state index contributed by atoms with van der Waals surface area (Å²) in [6, 6.07) is 1.92. The summed E-state index contributed by atoms with van der Waals surface area (Å²) in [4.78, 5) is 8.40. The average molecular weight is 311 g/mol. The summed E-state index contributed by atoms with van der Waals surface area (Å²) in [5.74, 6) is 1.58. The molecule has 0 aliphatic carbocycles. The molecule has 0 atom stereocenters. The van der Waals surface area contributed by atoms with E-state index < -0.39 is 0 Å². The van der Waals surface area contributed by atoms with E-state index >= 15 is 0 Å². The maximum Gasteiger partial charge on any atom is 0.146 e. The molecule has 0 saturated heterocycles. The fraction of sp³-hybridized carbons (Fsp3) is 0.333. The van der Waals surface area contributed by atoms with Gasteiger partial charge in [0.25, 0.3) is 0 Å². The van der Waals surface area contributed by atoms with Crippen LogP contribution < -0.4 is 10.6 Å². The molecular formula is C12H15BrN4O. The van der Waals surface area contributed by atoms with Crippen LogP contribution in [0.15, 0.2) is 33.8 Å². The average Bonchev–Trinajstić information content (AvgIpc) is 2.89. The van der Waals surface area contributed by atoms with Gasteiger partial charge in [0.1, 0.15) is 22.4 Å². The molecular weight excluding hydrogens is 296 g/mol. The predicted molar refractivity (Wildman–Crippen MR) is 74.5 cm³/mol. The number of hydrogen-bond acceptors (Lipinski definition) is 5. The second kappa shape index (κ2) is 6.39. The number of nitrogens with one attached hydrogen (secondary N) is 2. The molecule has 2 aromatic rings. The van der Waals surface area contributed by atoms with Gasteiger partial charge in [-0.25, -0.2) is 9.97 Å². The molecule has 0 aliphatic heterocycles. The van der Waals surface area contributed by atoms with Crippen LogP contribution in [0.5, 0.6) is 0 Å². The Morgan fingerprint density at radius 3 is 2.72 bits per heavy atom. The molecule has 96 valence electrons. The zero-order valence-corrected chi connectivity index (χ0v) is 11.7. The van der Waals surface area contributed by atoms with Crippen molar-refractivity contribution in [2.45, 2.75) is 19.9 Å². The Hall–Kier alpha value is -1.56. The summed E-state index contributed by atoms with van der Waals surface area (Å²) in [6.07, 6.45) is 5.95. The maximum atomic E-state index is 5.01. The third-order valence-electron chi connectivity index (χ3n) is 2.37. The highest BCUT2D eigenvalue weighted by Gasteiger charge is 2.07. The van der Waals surface area contributed by atoms with Crippen LogP contribution in [0.4, 0.5) is 11.6 Å². The van der Waals surface area contributed by atoms with Crippen molar-refractivity contribution in [2.75, 3.05) is 17.2 Å². The highest BCUT2D eigenvalue weighted by atomic mass is 79.9. The van der Waals surface area contributed by atoms with E-state index in [0.717, 1.165) is 34.6 Å². The van der Waals surface area contributed by atoms with E-state index in [1.54, 1.807) is 18.9 Å². The van der Waals surface area contributed by atoms with Gasteiger partial charge in [0.2, 0.25) is 0 Å². The number of rotatable bonds is 6. The Morgan fingerprint density at radius 1 is 1.28 bits per heavy atom. The van der Waals surface area contributed by atoms with Gasteiger partial charge < -0.3 is 15.1 Å². The molecule has 5 nitrogen and oxygen atoms in total. The number of furan rings is 1. The van der Waals surface area contributed by atoms with Gasteiger partial charge in [0.05, 0.1) is 12.5 Å². The monoisotopic (exact) mass is 310 g/mol. The first-order chi connectivity index (χ1) is 8.81. The van der Waals surface area contributed by atoms with E-state index in [1.807, 2.05) is 6.07 Å². The van der Waals surface area contributed by atoms with Crippen molar-refractivity contribution < 1.29 is 4.42 Å². The lowest BCUT2D eigenvalue weighted by molar-refractivity contribution is 0.564. The third-order valence-corrected chi connectivity index (χ3v) is 3.12. The topological polar surface area (TPSA) is 63.0 Å². The summed E-state index contributed by atoms with van der Waals surface area (Å²) in [5.41, 5.74) is 1.07. The molecule has 0 aromatic carbocycles. The Morgan fingerprint density at radius 2 is 2.06 bits per heavy atom. The van der Waals surface area contributed by atoms with Gasteiger partial charge in [0, 0.05) is 18.7 Å². The minimum Gasteiger partial charge on any atom is -0.472 e. The van der Waals surface area contributed by atoms with Gasteiger partial charge in [-0.2, -0.15) is 0 Å². The smallest absolute Gasteiger partial charge is 0.146 e. The van der Waals surface area contributed by atoms with E-state index in [1.165, 1.54) is 0 Å². The van der Waals surface area contributed by atoms with Gasteiger partial charge >= 0.3 is 0 Å². The number of nitrogens with zero attached hydrogens (tertiary/aromatic N) is 2. The zero-order valence-electron chi connectivity index (χ0n) is 10.1. The van der Waals surface area contributed by atoms with E-state index in [2.05, 4.69) is 43.5 Å².